The number of hydrogen-bond acceptors (Lipinski definition) is 2. The van der Waals surface area contributed by atoms with Gasteiger partial charge in [-0.15, -0.1) is 12.4 Å². The summed E-state index contributed by atoms with van der Waals surface area (Å²) in [6.45, 7) is 4.67. The van der Waals surface area contributed by atoms with Crippen LogP contribution in [0.2, 0.25) is 5.02 Å². The molecule has 2 aromatic carbocycles. The summed E-state index contributed by atoms with van der Waals surface area (Å²) in [7, 11) is 0. The number of benzene rings is 2. The van der Waals surface area contributed by atoms with E-state index >= 15 is 0 Å². The fourth-order valence-corrected chi connectivity index (χ4v) is 2.41. The Labute approximate surface area is 148 Å². The Kier molecular flexibility index (Phi) is 7.56. The van der Waals surface area contributed by atoms with Gasteiger partial charge in [-0.3, -0.25) is 4.79 Å². The van der Waals surface area contributed by atoms with Crippen LogP contribution in [0.15, 0.2) is 48.5 Å². The molecule has 0 aliphatic rings. The topological polar surface area (TPSA) is 55.1 Å². The van der Waals surface area contributed by atoms with E-state index in [0.717, 1.165) is 5.56 Å². The summed E-state index contributed by atoms with van der Waals surface area (Å²) in [5.41, 5.74) is 8.88. The van der Waals surface area contributed by atoms with Gasteiger partial charge in [0.25, 0.3) is 5.91 Å². The summed E-state index contributed by atoms with van der Waals surface area (Å²) in [4.78, 5) is 12.1. The van der Waals surface area contributed by atoms with Crippen LogP contribution in [-0.4, -0.2) is 12.5 Å². The Morgan fingerprint density at radius 2 is 1.65 bits per heavy atom. The van der Waals surface area contributed by atoms with E-state index in [0.29, 0.717) is 23.0 Å². The predicted octanol–water partition coefficient (Wildman–Crippen LogP) is 4.32. The second-order valence-electron chi connectivity index (χ2n) is 5.62. The van der Waals surface area contributed by atoms with Gasteiger partial charge in [0, 0.05) is 12.6 Å². The Morgan fingerprint density at radius 3 is 2.22 bits per heavy atom. The molecule has 0 bridgehead atoms. The van der Waals surface area contributed by atoms with Crippen molar-refractivity contribution < 1.29 is 4.79 Å². The van der Waals surface area contributed by atoms with E-state index in [9.17, 15) is 4.79 Å². The summed E-state index contributed by atoms with van der Waals surface area (Å²) in [6, 6.07) is 14.9. The van der Waals surface area contributed by atoms with Crippen LogP contribution in [0.4, 0.5) is 0 Å². The molecule has 0 radical (unpaired) electrons. The van der Waals surface area contributed by atoms with Gasteiger partial charge in [-0.2, -0.15) is 0 Å². The molecule has 1 atom stereocenters. The van der Waals surface area contributed by atoms with Crippen LogP contribution in [0.5, 0.6) is 0 Å². The molecule has 23 heavy (non-hydrogen) atoms. The lowest BCUT2D eigenvalue weighted by molar-refractivity contribution is 0.0951. The minimum atomic E-state index is -0.243. The summed E-state index contributed by atoms with van der Waals surface area (Å²) < 4.78 is 0. The normalized spacial score (nSPS) is 11.7. The summed E-state index contributed by atoms with van der Waals surface area (Å²) >= 11 is 6.01. The van der Waals surface area contributed by atoms with Crippen molar-refractivity contribution in [1.82, 2.24) is 5.32 Å². The maximum absolute atomic E-state index is 12.1. The van der Waals surface area contributed by atoms with Crippen molar-refractivity contribution >= 4 is 29.9 Å². The Balaban J connectivity index is 0.00000264. The second-order valence-corrected chi connectivity index (χ2v) is 6.02. The molecule has 2 aromatic rings. The SMILES string of the molecule is CC(C)c1ccc(C(N)CNC(=O)c2ccccc2Cl)cc1.Cl. The van der Waals surface area contributed by atoms with Crippen LogP contribution in [-0.2, 0) is 0 Å². The highest BCUT2D eigenvalue weighted by atomic mass is 35.5. The maximum atomic E-state index is 12.1. The van der Waals surface area contributed by atoms with Gasteiger partial charge in [0.15, 0.2) is 0 Å². The van der Waals surface area contributed by atoms with Gasteiger partial charge in [0.1, 0.15) is 0 Å². The quantitative estimate of drug-likeness (QED) is 0.841. The lowest BCUT2D eigenvalue weighted by atomic mass is 9.99. The first-order chi connectivity index (χ1) is 10.5. The van der Waals surface area contributed by atoms with E-state index in [-0.39, 0.29) is 24.4 Å². The molecule has 0 aliphatic heterocycles. The highest BCUT2D eigenvalue weighted by Crippen LogP contribution is 2.18. The summed E-state index contributed by atoms with van der Waals surface area (Å²) in [5, 5.41) is 3.27. The molecule has 3 nitrogen and oxygen atoms in total. The molecule has 124 valence electrons. The van der Waals surface area contributed by atoms with Crippen LogP contribution in [0.25, 0.3) is 0 Å². The van der Waals surface area contributed by atoms with Crippen molar-refractivity contribution in [2.24, 2.45) is 5.73 Å². The molecule has 1 amide bonds. The molecule has 5 heteroatoms. The van der Waals surface area contributed by atoms with Crippen molar-refractivity contribution in [3.63, 3.8) is 0 Å². The number of amides is 1. The molecule has 1 unspecified atom stereocenters. The van der Waals surface area contributed by atoms with E-state index < -0.39 is 0 Å². The molecular formula is C18H22Cl2N2O. The first-order valence-corrected chi connectivity index (χ1v) is 7.75. The van der Waals surface area contributed by atoms with Crippen LogP contribution in [0, 0.1) is 0 Å². The summed E-state index contributed by atoms with van der Waals surface area (Å²) in [6.07, 6.45) is 0. The predicted molar refractivity (Wildman–Crippen MR) is 98.5 cm³/mol. The van der Waals surface area contributed by atoms with Gasteiger partial charge >= 0.3 is 0 Å². The van der Waals surface area contributed by atoms with Crippen molar-refractivity contribution in [3.05, 3.63) is 70.2 Å². The van der Waals surface area contributed by atoms with Gasteiger partial charge in [-0.05, 0) is 29.2 Å². The monoisotopic (exact) mass is 352 g/mol. The third-order valence-electron chi connectivity index (χ3n) is 3.63. The lowest BCUT2D eigenvalue weighted by Crippen LogP contribution is -2.32. The average molecular weight is 353 g/mol. The maximum Gasteiger partial charge on any atom is 0.252 e. The van der Waals surface area contributed by atoms with Crippen LogP contribution in [0.1, 0.15) is 47.3 Å². The number of halogens is 2. The molecule has 0 aliphatic carbocycles. The lowest BCUT2D eigenvalue weighted by Gasteiger charge is -2.15. The highest BCUT2D eigenvalue weighted by molar-refractivity contribution is 6.33. The van der Waals surface area contributed by atoms with Gasteiger partial charge < -0.3 is 11.1 Å². The largest absolute Gasteiger partial charge is 0.350 e. The minimum absolute atomic E-state index is 0. The van der Waals surface area contributed by atoms with Crippen LogP contribution in [0.3, 0.4) is 0 Å². The second kappa shape index (κ2) is 8.92. The van der Waals surface area contributed by atoms with E-state index in [2.05, 4.69) is 31.3 Å². The van der Waals surface area contributed by atoms with Gasteiger partial charge in [-0.1, -0.05) is 61.8 Å². The van der Waals surface area contributed by atoms with Gasteiger partial charge in [0.2, 0.25) is 0 Å². The van der Waals surface area contributed by atoms with E-state index in [1.54, 1.807) is 24.3 Å². The Bertz CT molecular complexity index is 642. The molecule has 0 saturated heterocycles. The van der Waals surface area contributed by atoms with Crippen molar-refractivity contribution in [2.75, 3.05) is 6.54 Å². The van der Waals surface area contributed by atoms with Crippen molar-refractivity contribution in [3.8, 4) is 0 Å². The van der Waals surface area contributed by atoms with Crippen LogP contribution < -0.4 is 11.1 Å². The molecular weight excluding hydrogens is 331 g/mol. The Morgan fingerprint density at radius 1 is 1.09 bits per heavy atom. The molecule has 0 aromatic heterocycles. The zero-order valence-corrected chi connectivity index (χ0v) is 14.8. The van der Waals surface area contributed by atoms with Crippen molar-refractivity contribution in [1.29, 1.82) is 0 Å². The highest BCUT2D eigenvalue weighted by Gasteiger charge is 2.12. The smallest absolute Gasteiger partial charge is 0.252 e. The van der Waals surface area contributed by atoms with E-state index in [1.165, 1.54) is 5.56 Å². The van der Waals surface area contributed by atoms with E-state index in [4.69, 9.17) is 17.3 Å². The van der Waals surface area contributed by atoms with Crippen LogP contribution >= 0.6 is 24.0 Å². The fourth-order valence-electron chi connectivity index (χ4n) is 2.19. The van der Waals surface area contributed by atoms with Crippen molar-refractivity contribution in [2.45, 2.75) is 25.8 Å². The first kappa shape index (κ1) is 19.5. The average Bonchev–Trinajstić information content (AvgIpc) is 2.52. The molecule has 3 N–H and O–H groups in total. The standard InChI is InChI=1S/C18H21ClN2O.ClH/c1-12(2)13-7-9-14(10-8-13)17(20)11-21-18(22)15-5-3-4-6-16(15)19;/h3-10,12,17H,11,20H2,1-2H3,(H,21,22);1H. The minimum Gasteiger partial charge on any atom is -0.350 e. The number of nitrogens with one attached hydrogen (secondary N) is 1. The molecule has 0 saturated carbocycles. The third-order valence-corrected chi connectivity index (χ3v) is 3.96. The zero-order valence-electron chi connectivity index (χ0n) is 13.3. The zero-order chi connectivity index (χ0) is 16.1. The number of hydrogen-bond donors (Lipinski definition) is 2. The number of rotatable bonds is 5. The number of carbonyl (C=O) groups excluding carboxylic acids is 1. The Hall–Kier alpha value is -1.55. The fraction of sp³-hybridized carbons (Fsp3) is 0.278. The molecule has 2 rings (SSSR count). The first-order valence-electron chi connectivity index (χ1n) is 7.37. The third kappa shape index (κ3) is 5.24. The molecule has 0 spiro atoms. The summed E-state index contributed by atoms with van der Waals surface area (Å²) in [5.74, 6) is 0.282. The van der Waals surface area contributed by atoms with Gasteiger partial charge in [-0.25, -0.2) is 0 Å². The number of carbonyl (C=O) groups is 1. The molecule has 0 heterocycles. The van der Waals surface area contributed by atoms with E-state index in [1.807, 2.05) is 12.1 Å². The molecule has 0 fully saturated rings. The van der Waals surface area contributed by atoms with Gasteiger partial charge in [0.05, 0.1) is 10.6 Å². The number of nitrogens with two attached hydrogens (primary N) is 1.